The van der Waals surface area contributed by atoms with E-state index in [1.807, 2.05) is 30.5 Å². The van der Waals surface area contributed by atoms with Crippen LogP contribution in [-0.2, 0) is 32.7 Å². The summed E-state index contributed by atoms with van der Waals surface area (Å²) in [5, 5.41) is 3.70. The van der Waals surface area contributed by atoms with Gasteiger partial charge in [0.1, 0.15) is 5.82 Å². The van der Waals surface area contributed by atoms with Gasteiger partial charge < -0.3 is 9.47 Å². The summed E-state index contributed by atoms with van der Waals surface area (Å²) < 4.78 is 44.7. The number of hydrogen-bond donors (Lipinski definition) is 0. The Morgan fingerprint density at radius 3 is 2.47 bits per heavy atom. The number of alkyl halides is 3. The van der Waals surface area contributed by atoms with Crippen LogP contribution in [0.15, 0.2) is 49.1 Å². The molecule has 186 valence electrons. The number of hydrogen-bond acceptors (Lipinski definition) is 4. The second-order valence-corrected chi connectivity index (χ2v) is 9.14. The fraction of sp³-hybridized carbons (Fsp3) is 0.308. The Bertz CT molecular complexity index is 1440. The van der Waals surface area contributed by atoms with E-state index in [1.54, 1.807) is 35.6 Å². The van der Waals surface area contributed by atoms with Gasteiger partial charge >= 0.3 is 6.18 Å². The Labute approximate surface area is 206 Å². The predicted molar refractivity (Wildman–Crippen MR) is 127 cm³/mol. The first kappa shape index (κ1) is 23.8. The van der Waals surface area contributed by atoms with Gasteiger partial charge in [0, 0.05) is 56.1 Å². The summed E-state index contributed by atoms with van der Waals surface area (Å²) in [7, 11) is 1.46. The van der Waals surface area contributed by atoms with Crippen molar-refractivity contribution in [3.05, 3.63) is 88.5 Å². The third kappa shape index (κ3) is 4.50. The van der Waals surface area contributed by atoms with E-state index in [1.165, 1.54) is 13.2 Å². The standard InChI is InChI=1S/C26H25F3N6O/c1-16-4-5-19(31-12-16)14-35-8-6-20-21(23-15-33(3)32-24(23)26(27,28)29)10-18(11-22(20)25(35)36)13-34-9-7-30-17(34)2/h4-5,7,9-12,15H,6,8,13-14H2,1-3H3. The van der Waals surface area contributed by atoms with E-state index in [0.29, 0.717) is 48.3 Å². The number of benzene rings is 1. The van der Waals surface area contributed by atoms with Crippen molar-refractivity contribution in [2.45, 2.75) is 39.5 Å². The van der Waals surface area contributed by atoms with Crippen LogP contribution in [0.2, 0.25) is 0 Å². The zero-order chi connectivity index (χ0) is 25.6. The number of amides is 1. The van der Waals surface area contributed by atoms with Crippen LogP contribution >= 0.6 is 0 Å². The molecule has 0 N–H and O–H groups in total. The van der Waals surface area contributed by atoms with Gasteiger partial charge in [0.05, 0.1) is 12.2 Å². The van der Waals surface area contributed by atoms with Gasteiger partial charge in [0.25, 0.3) is 5.91 Å². The first-order valence-electron chi connectivity index (χ1n) is 11.6. The molecule has 7 nitrogen and oxygen atoms in total. The van der Waals surface area contributed by atoms with Crippen LogP contribution in [0.3, 0.4) is 0 Å². The fourth-order valence-corrected chi connectivity index (χ4v) is 4.64. The second-order valence-electron chi connectivity index (χ2n) is 9.14. The van der Waals surface area contributed by atoms with E-state index in [4.69, 9.17) is 0 Å². The minimum absolute atomic E-state index is 0.0214. The zero-order valence-electron chi connectivity index (χ0n) is 20.2. The molecule has 3 aromatic heterocycles. The highest BCUT2D eigenvalue weighted by Crippen LogP contribution is 2.40. The quantitative estimate of drug-likeness (QED) is 0.408. The average Bonchev–Trinajstić information content (AvgIpc) is 3.42. The molecule has 0 aliphatic carbocycles. The molecule has 1 aliphatic rings. The number of halogens is 3. The molecule has 4 aromatic rings. The maximum Gasteiger partial charge on any atom is 0.435 e. The van der Waals surface area contributed by atoms with Crippen LogP contribution in [-0.4, -0.2) is 41.7 Å². The number of carbonyl (C=O) groups is 1. The van der Waals surface area contributed by atoms with Crippen LogP contribution < -0.4 is 0 Å². The summed E-state index contributed by atoms with van der Waals surface area (Å²) >= 11 is 0. The second kappa shape index (κ2) is 8.92. The lowest BCUT2D eigenvalue weighted by Crippen LogP contribution is -2.37. The lowest BCUT2D eigenvalue weighted by atomic mass is 9.88. The Kier molecular flexibility index (Phi) is 5.89. The number of aromatic nitrogens is 5. The van der Waals surface area contributed by atoms with E-state index in [0.717, 1.165) is 21.8 Å². The minimum Gasteiger partial charge on any atom is -0.332 e. The Balaban J connectivity index is 1.61. The lowest BCUT2D eigenvalue weighted by molar-refractivity contribution is -0.140. The van der Waals surface area contributed by atoms with E-state index in [9.17, 15) is 18.0 Å². The number of carbonyl (C=O) groups excluding carboxylic acids is 1. The summed E-state index contributed by atoms with van der Waals surface area (Å²) in [6, 6.07) is 7.36. The molecule has 10 heteroatoms. The summed E-state index contributed by atoms with van der Waals surface area (Å²) in [4.78, 5) is 24.0. The average molecular weight is 495 g/mol. The molecule has 0 radical (unpaired) electrons. The monoisotopic (exact) mass is 494 g/mol. The fourth-order valence-electron chi connectivity index (χ4n) is 4.64. The molecule has 0 saturated carbocycles. The minimum atomic E-state index is -4.62. The zero-order valence-corrected chi connectivity index (χ0v) is 20.2. The van der Waals surface area contributed by atoms with Crippen LogP contribution in [0.4, 0.5) is 13.2 Å². The van der Waals surface area contributed by atoms with Crippen molar-refractivity contribution in [1.82, 2.24) is 29.2 Å². The maximum absolute atomic E-state index is 13.9. The van der Waals surface area contributed by atoms with Crippen LogP contribution in [0, 0.1) is 13.8 Å². The number of imidazole rings is 1. The molecular formula is C26H25F3N6O. The van der Waals surface area contributed by atoms with Gasteiger partial charge in [0.2, 0.25) is 0 Å². The Morgan fingerprint density at radius 2 is 1.81 bits per heavy atom. The SMILES string of the molecule is Cc1ccc(CN2CCc3c(cc(Cn4ccnc4C)cc3-c3cn(C)nc3C(F)(F)F)C2=O)nc1. The number of nitrogens with zero attached hydrogens (tertiary/aromatic N) is 6. The van der Waals surface area contributed by atoms with Crippen molar-refractivity contribution in [1.29, 1.82) is 0 Å². The highest BCUT2D eigenvalue weighted by molar-refractivity contribution is 5.99. The summed E-state index contributed by atoms with van der Waals surface area (Å²) in [5.41, 5.74) is 2.93. The summed E-state index contributed by atoms with van der Waals surface area (Å²) in [5.74, 6) is 0.548. The van der Waals surface area contributed by atoms with E-state index in [-0.39, 0.29) is 11.5 Å². The first-order valence-corrected chi connectivity index (χ1v) is 11.6. The summed E-state index contributed by atoms with van der Waals surface area (Å²) in [6.45, 7) is 4.89. The Hall–Kier alpha value is -3.95. The van der Waals surface area contributed by atoms with Crippen LogP contribution in [0.5, 0.6) is 0 Å². The molecule has 0 bridgehead atoms. The van der Waals surface area contributed by atoms with Crippen molar-refractivity contribution in [3.8, 4) is 11.1 Å². The number of aryl methyl sites for hydroxylation is 3. The van der Waals surface area contributed by atoms with Crippen molar-refractivity contribution in [2.75, 3.05) is 6.54 Å². The first-order chi connectivity index (χ1) is 17.1. The molecular weight excluding hydrogens is 469 g/mol. The van der Waals surface area contributed by atoms with Gasteiger partial charge in [-0.3, -0.25) is 14.5 Å². The van der Waals surface area contributed by atoms with Gasteiger partial charge in [-0.15, -0.1) is 0 Å². The van der Waals surface area contributed by atoms with Gasteiger partial charge in [-0.1, -0.05) is 6.07 Å². The smallest absolute Gasteiger partial charge is 0.332 e. The van der Waals surface area contributed by atoms with E-state index >= 15 is 0 Å². The van der Waals surface area contributed by atoms with Gasteiger partial charge in [0.15, 0.2) is 5.69 Å². The van der Waals surface area contributed by atoms with Crippen LogP contribution in [0.1, 0.15) is 44.3 Å². The molecule has 0 fully saturated rings. The molecule has 5 rings (SSSR count). The highest BCUT2D eigenvalue weighted by Gasteiger charge is 2.39. The van der Waals surface area contributed by atoms with Gasteiger partial charge in [-0.05, 0) is 60.7 Å². The molecule has 0 unspecified atom stereocenters. The number of fused-ring (bicyclic) bond motifs is 1. The summed E-state index contributed by atoms with van der Waals surface area (Å²) in [6.07, 6.45) is 2.40. The highest BCUT2D eigenvalue weighted by atomic mass is 19.4. The largest absolute Gasteiger partial charge is 0.435 e. The Morgan fingerprint density at radius 1 is 1.03 bits per heavy atom. The molecule has 36 heavy (non-hydrogen) atoms. The normalized spacial score (nSPS) is 13.8. The number of pyridine rings is 1. The molecule has 0 spiro atoms. The molecule has 4 heterocycles. The number of rotatable bonds is 5. The van der Waals surface area contributed by atoms with Crippen molar-refractivity contribution >= 4 is 5.91 Å². The molecule has 1 aliphatic heterocycles. The van der Waals surface area contributed by atoms with E-state index in [2.05, 4.69) is 15.1 Å². The molecule has 0 atom stereocenters. The van der Waals surface area contributed by atoms with Crippen molar-refractivity contribution in [3.63, 3.8) is 0 Å². The van der Waals surface area contributed by atoms with Crippen LogP contribution in [0.25, 0.3) is 11.1 Å². The molecule has 0 saturated heterocycles. The third-order valence-corrected chi connectivity index (χ3v) is 6.45. The lowest BCUT2D eigenvalue weighted by Gasteiger charge is -2.30. The topological polar surface area (TPSA) is 68.8 Å². The van der Waals surface area contributed by atoms with Gasteiger partial charge in [-0.2, -0.15) is 18.3 Å². The van der Waals surface area contributed by atoms with Gasteiger partial charge in [-0.25, -0.2) is 4.98 Å². The van der Waals surface area contributed by atoms with Crippen molar-refractivity contribution in [2.24, 2.45) is 7.05 Å². The third-order valence-electron chi connectivity index (χ3n) is 6.45. The van der Waals surface area contributed by atoms with Crippen molar-refractivity contribution < 1.29 is 18.0 Å². The maximum atomic E-state index is 13.9. The molecule has 1 amide bonds. The van der Waals surface area contributed by atoms with E-state index < -0.39 is 11.9 Å². The molecule has 1 aromatic carbocycles. The predicted octanol–water partition coefficient (Wildman–Crippen LogP) is 4.56.